The Kier molecular flexibility index (Phi) is 3.48. The first kappa shape index (κ1) is 12.4. The molecule has 4 nitrogen and oxygen atoms in total. The summed E-state index contributed by atoms with van der Waals surface area (Å²) < 4.78 is 0. The summed E-state index contributed by atoms with van der Waals surface area (Å²) in [7, 11) is 0. The van der Waals surface area contributed by atoms with Gasteiger partial charge >= 0.3 is 0 Å². The molecule has 5 heteroatoms. The van der Waals surface area contributed by atoms with Gasteiger partial charge in [-0.25, -0.2) is 0 Å². The number of nitrogens with one attached hydrogen (secondary N) is 1. The molecule has 0 aliphatic carbocycles. The number of halogens is 1. The second-order valence-electron chi connectivity index (χ2n) is 3.81. The van der Waals surface area contributed by atoms with E-state index in [2.05, 4.69) is 10.3 Å². The van der Waals surface area contributed by atoms with Crippen LogP contribution in [0.1, 0.15) is 15.9 Å². The normalized spacial score (nSPS) is 10.1. The third kappa shape index (κ3) is 2.60. The maximum Gasteiger partial charge on any atom is 0.255 e. The molecule has 0 atom stereocenters. The fraction of sp³-hybridized carbons (Fsp3) is 0.0769. The second kappa shape index (κ2) is 5.06. The Morgan fingerprint density at radius 3 is 2.67 bits per heavy atom. The van der Waals surface area contributed by atoms with E-state index in [0.717, 1.165) is 5.56 Å². The lowest BCUT2D eigenvalue weighted by atomic mass is 10.2. The summed E-state index contributed by atoms with van der Waals surface area (Å²) in [6.45, 7) is 1.77. The fourth-order valence-electron chi connectivity index (χ4n) is 1.46. The minimum atomic E-state index is -0.326. The van der Waals surface area contributed by atoms with Crippen molar-refractivity contribution in [3.63, 3.8) is 0 Å². The molecule has 0 fully saturated rings. The van der Waals surface area contributed by atoms with E-state index in [1.54, 1.807) is 19.1 Å². The molecule has 0 unspecified atom stereocenters. The van der Waals surface area contributed by atoms with Crippen molar-refractivity contribution in [1.82, 2.24) is 4.98 Å². The van der Waals surface area contributed by atoms with E-state index < -0.39 is 0 Å². The van der Waals surface area contributed by atoms with Crippen molar-refractivity contribution in [2.45, 2.75) is 6.92 Å². The maximum absolute atomic E-state index is 11.9. The number of amides is 1. The number of benzene rings is 1. The Balaban J connectivity index is 2.25. The number of anilines is 1. The van der Waals surface area contributed by atoms with Crippen LogP contribution in [-0.4, -0.2) is 16.0 Å². The van der Waals surface area contributed by atoms with Gasteiger partial charge in [-0.2, -0.15) is 0 Å². The Labute approximate surface area is 109 Å². The van der Waals surface area contributed by atoms with Crippen LogP contribution in [0.15, 0.2) is 36.7 Å². The number of pyridine rings is 1. The van der Waals surface area contributed by atoms with Crippen molar-refractivity contribution in [3.05, 3.63) is 52.8 Å². The number of aromatic nitrogens is 1. The molecule has 1 aromatic heterocycles. The van der Waals surface area contributed by atoms with Gasteiger partial charge in [-0.15, -0.1) is 0 Å². The summed E-state index contributed by atoms with van der Waals surface area (Å²) in [5.74, 6) is -0.341. The van der Waals surface area contributed by atoms with Gasteiger partial charge in [0.15, 0.2) is 0 Å². The Bertz CT molecular complexity index is 585. The van der Waals surface area contributed by atoms with Crippen LogP contribution >= 0.6 is 11.6 Å². The summed E-state index contributed by atoms with van der Waals surface area (Å²) in [6, 6.07) is 6.19. The van der Waals surface area contributed by atoms with Crippen LogP contribution in [0.3, 0.4) is 0 Å². The molecule has 2 N–H and O–H groups in total. The summed E-state index contributed by atoms with van der Waals surface area (Å²) in [6.07, 6.45) is 3.05. The lowest BCUT2D eigenvalue weighted by molar-refractivity contribution is 0.102. The van der Waals surface area contributed by atoms with Gasteiger partial charge in [0, 0.05) is 23.0 Å². The highest BCUT2D eigenvalue weighted by molar-refractivity contribution is 6.31. The first-order valence-electron chi connectivity index (χ1n) is 5.28. The minimum Gasteiger partial charge on any atom is -0.506 e. The zero-order valence-corrected chi connectivity index (χ0v) is 10.4. The van der Waals surface area contributed by atoms with Crippen LogP contribution in [0.2, 0.25) is 5.02 Å². The quantitative estimate of drug-likeness (QED) is 0.818. The molecule has 0 bridgehead atoms. The lowest BCUT2D eigenvalue weighted by Crippen LogP contribution is -2.12. The second-order valence-corrected chi connectivity index (χ2v) is 4.22. The molecular weight excluding hydrogens is 252 g/mol. The molecule has 1 amide bonds. The predicted octanol–water partition coefficient (Wildman–Crippen LogP) is 3.00. The van der Waals surface area contributed by atoms with Crippen LogP contribution in [0, 0.1) is 6.92 Å². The Morgan fingerprint density at radius 1 is 1.33 bits per heavy atom. The largest absolute Gasteiger partial charge is 0.506 e. The molecule has 0 saturated carbocycles. The average molecular weight is 263 g/mol. The topological polar surface area (TPSA) is 62.2 Å². The van der Waals surface area contributed by atoms with Gasteiger partial charge in [0.2, 0.25) is 0 Å². The van der Waals surface area contributed by atoms with Gasteiger partial charge in [-0.1, -0.05) is 11.6 Å². The van der Waals surface area contributed by atoms with Crippen LogP contribution in [0.5, 0.6) is 5.75 Å². The van der Waals surface area contributed by atoms with E-state index in [1.165, 1.54) is 24.5 Å². The first-order valence-corrected chi connectivity index (χ1v) is 5.66. The zero-order valence-electron chi connectivity index (χ0n) is 9.64. The van der Waals surface area contributed by atoms with Crippen molar-refractivity contribution in [1.29, 1.82) is 0 Å². The van der Waals surface area contributed by atoms with Gasteiger partial charge in [-0.05, 0) is 36.8 Å². The highest BCUT2D eigenvalue weighted by atomic mass is 35.5. The molecule has 1 heterocycles. The van der Waals surface area contributed by atoms with E-state index in [-0.39, 0.29) is 17.3 Å². The number of aryl methyl sites for hydroxylation is 1. The highest BCUT2D eigenvalue weighted by Crippen LogP contribution is 2.30. The number of hydrogen-bond acceptors (Lipinski definition) is 3. The number of nitrogens with zero attached hydrogens (tertiary/aromatic N) is 1. The third-order valence-electron chi connectivity index (χ3n) is 2.47. The number of phenols is 1. The number of carbonyl (C=O) groups excluding carboxylic acids is 1. The molecular formula is C13H11ClN2O2. The summed E-state index contributed by atoms with van der Waals surface area (Å²) in [5.41, 5.74) is 1.49. The molecule has 18 heavy (non-hydrogen) atoms. The summed E-state index contributed by atoms with van der Waals surface area (Å²) in [5, 5.41) is 12.8. The number of rotatable bonds is 2. The standard InChI is InChI=1S/C13H11ClN2O2/c1-8-6-12(17)11(7-10(8)14)16-13(18)9-2-4-15-5-3-9/h2-7,17H,1H3,(H,16,18). The third-order valence-corrected chi connectivity index (χ3v) is 2.87. The van der Waals surface area contributed by atoms with E-state index in [1.807, 2.05) is 0 Å². The lowest BCUT2D eigenvalue weighted by Gasteiger charge is -2.09. The minimum absolute atomic E-state index is 0.0145. The number of phenolic OH excluding ortho intramolecular Hbond substituents is 1. The van der Waals surface area contributed by atoms with Gasteiger partial charge in [0.25, 0.3) is 5.91 Å². The van der Waals surface area contributed by atoms with Gasteiger partial charge in [0.1, 0.15) is 5.75 Å². The zero-order chi connectivity index (χ0) is 13.1. The maximum atomic E-state index is 11.9. The first-order chi connectivity index (χ1) is 8.58. The molecule has 0 spiro atoms. The molecule has 92 valence electrons. The smallest absolute Gasteiger partial charge is 0.255 e. The SMILES string of the molecule is Cc1cc(O)c(NC(=O)c2ccncc2)cc1Cl. The van der Waals surface area contributed by atoms with Crippen molar-refractivity contribution in [2.75, 3.05) is 5.32 Å². The van der Waals surface area contributed by atoms with E-state index >= 15 is 0 Å². The molecule has 1 aromatic carbocycles. The van der Waals surface area contributed by atoms with E-state index in [0.29, 0.717) is 10.6 Å². The molecule has 0 saturated heterocycles. The van der Waals surface area contributed by atoms with E-state index in [9.17, 15) is 9.90 Å². The van der Waals surface area contributed by atoms with Crippen molar-refractivity contribution in [2.24, 2.45) is 0 Å². The van der Waals surface area contributed by atoms with Gasteiger partial charge < -0.3 is 10.4 Å². The summed E-state index contributed by atoms with van der Waals surface area (Å²) >= 11 is 5.94. The van der Waals surface area contributed by atoms with Crippen molar-refractivity contribution < 1.29 is 9.90 Å². The predicted molar refractivity (Wildman–Crippen MR) is 70.0 cm³/mol. The van der Waals surface area contributed by atoms with Crippen molar-refractivity contribution in [3.8, 4) is 5.75 Å². The molecule has 2 aromatic rings. The van der Waals surface area contributed by atoms with Gasteiger partial charge in [-0.3, -0.25) is 9.78 Å². The number of hydrogen-bond donors (Lipinski definition) is 2. The average Bonchev–Trinajstić information content (AvgIpc) is 2.37. The number of carbonyl (C=O) groups is 1. The molecule has 0 radical (unpaired) electrons. The van der Waals surface area contributed by atoms with E-state index in [4.69, 9.17) is 11.6 Å². The summed E-state index contributed by atoms with van der Waals surface area (Å²) in [4.78, 5) is 15.7. The molecule has 0 aliphatic rings. The van der Waals surface area contributed by atoms with Crippen LogP contribution in [-0.2, 0) is 0 Å². The monoisotopic (exact) mass is 262 g/mol. The van der Waals surface area contributed by atoms with Crippen LogP contribution in [0.25, 0.3) is 0 Å². The number of aromatic hydroxyl groups is 1. The Hall–Kier alpha value is -2.07. The highest BCUT2D eigenvalue weighted by Gasteiger charge is 2.10. The van der Waals surface area contributed by atoms with Crippen LogP contribution in [0.4, 0.5) is 5.69 Å². The fourth-order valence-corrected chi connectivity index (χ4v) is 1.63. The van der Waals surface area contributed by atoms with Gasteiger partial charge in [0.05, 0.1) is 5.69 Å². The van der Waals surface area contributed by atoms with Crippen LogP contribution < -0.4 is 5.32 Å². The van der Waals surface area contributed by atoms with Crippen molar-refractivity contribution >= 4 is 23.2 Å². The Morgan fingerprint density at radius 2 is 2.00 bits per heavy atom. The molecule has 0 aliphatic heterocycles. The molecule has 2 rings (SSSR count).